The molecule has 3 heterocycles. The van der Waals surface area contributed by atoms with Crippen LogP contribution in [-0.4, -0.2) is 32.4 Å². The van der Waals surface area contributed by atoms with Crippen molar-refractivity contribution >= 4 is 16.8 Å². The molecule has 1 amide bonds. The molecule has 0 aliphatic heterocycles. The van der Waals surface area contributed by atoms with Crippen molar-refractivity contribution in [1.82, 2.24) is 19.4 Å². The number of nitrogens with zero attached hydrogens (tertiary/aromatic N) is 3. The largest absolute Gasteiger partial charge is 0.350 e. The number of rotatable bonds is 4. The van der Waals surface area contributed by atoms with Crippen molar-refractivity contribution in [3.8, 4) is 11.1 Å². The Morgan fingerprint density at radius 3 is 2.47 bits per heavy atom. The molecule has 0 radical (unpaired) electrons. The molecule has 3 aromatic heterocycles. The van der Waals surface area contributed by atoms with Gasteiger partial charge in [0.1, 0.15) is 0 Å². The molecule has 0 aliphatic carbocycles. The molecule has 0 unspecified atom stereocenters. The van der Waals surface area contributed by atoms with Gasteiger partial charge in [-0.2, -0.15) is 0 Å². The molecule has 6 nitrogen and oxygen atoms in total. The van der Waals surface area contributed by atoms with E-state index in [1.165, 1.54) is 0 Å². The van der Waals surface area contributed by atoms with Crippen LogP contribution in [0.1, 0.15) is 38.4 Å². The maximum Gasteiger partial charge on any atom is 0.254 e. The van der Waals surface area contributed by atoms with Crippen LogP contribution in [0.4, 0.5) is 0 Å². The molecule has 0 fully saturated rings. The zero-order valence-corrected chi connectivity index (χ0v) is 19.4. The second kappa shape index (κ2) is 8.11. The van der Waals surface area contributed by atoms with Gasteiger partial charge in [0.05, 0.1) is 6.54 Å². The zero-order valence-electron chi connectivity index (χ0n) is 19.4. The standard InChI is InChI=1S/C26H28N4O2/c1-15-9-18(4)28-25(31)22(15)14-30(6)26(32)21-10-20(19-8-7-17(3)27-12-19)11-23-24(21)16(2)13-29(23)5/h7-13H,14H2,1-6H3,(H,28,31). The number of aromatic amines is 1. The van der Waals surface area contributed by atoms with E-state index in [1.54, 1.807) is 11.9 Å². The summed E-state index contributed by atoms with van der Waals surface area (Å²) in [6.45, 7) is 7.96. The molecule has 4 aromatic rings. The first-order valence-electron chi connectivity index (χ1n) is 10.6. The fourth-order valence-corrected chi connectivity index (χ4v) is 4.31. The van der Waals surface area contributed by atoms with Gasteiger partial charge in [0, 0.05) is 65.5 Å². The number of benzene rings is 1. The van der Waals surface area contributed by atoms with Crippen molar-refractivity contribution in [2.45, 2.75) is 34.2 Å². The number of hydrogen-bond donors (Lipinski definition) is 1. The molecule has 6 heteroatoms. The Labute approximate surface area is 187 Å². The van der Waals surface area contributed by atoms with E-state index in [0.717, 1.165) is 44.5 Å². The smallest absolute Gasteiger partial charge is 0.254 e. The molecule has 0 atom stereocenters. The van der Waals surface area contributed by atoms with Gasteiger partial charge in [0.25, 0.3) is 11.5 Å². The van der Waals surface area contributed by atoms with Crippen molar-refractivity contribution in [3.63, 3.8) is 0 Å². The van der Waals surface area contributed by atoms with Gasteiger partial charge in [0.2, 0.25) is 0 Å². The molecule has 1 N–H and O–H groups in total. The highest BCUT2D eigenvalue weighted by atomic mass is 16.2. The van der Waals surface area contributed by atoms with Crippen molar-refractivity contribution in [1.29, 1.82) is 0 Å². The van der Waals surface area contributed by atoms with Crippen molar-refractivity contribution in [2.75, 3.05) is 7.05 Å². The summed E-state index contributed by atoms with van der Waals surface area (Å²) in [4.78, 5) is 35.0. The monoisotopic (exact) mass is 428 g/mol. The number of aryl methyl sites for hydroxylation is 5. The first-order chi connectivity index (χ1) is 15.2. The van der Waals surface area contributed by atoms with Crippen LogP contribution in [-0.2, 0) is 13.6 Å². The summed E-state index contributed by atoms with van der Waals surface area (Å²) < 4.78 is 2.04. The number of pyridine rings is 2. The van der Waals surface area contributed by atoms with Gasteiger partial charge < -0.3 is 14.5 Å². The van der Waals surface area contributed by atoms with E-state index < -0.39 is 0 Å². The highest BCUT2D eigenvalue weighted by Crippen LogP contribution is 2.31. The predicted octanol–water partition coefficient (Wildman–Crippen LogP) is 4.43. The van der Waals surface area contributed by atoms with Gasteiger partial charge in [-0.15, -0.1) is 0 Å². The van der Waals surface area contributed by atoms with Crippen LogP contribution < -0.4 is 5.56 Å². The fourth-order valence-electron chi connectivity index (χ4n) is 4.31. The molecular weight excluding hydrogens is 400 g/mol. The molecular formula is C26H28N4O2. The molecule has 0 saturated carbocycles. The first kappa shape index (κ1) is 21.6. The maximum absolute atomic E-state index is 13.6. The number of amides is 1. The maximum atomic E-state index is 13.6. The van der Waals surface area contributed by atoms with Crippen LogP contribution in [0.3, 0.4) is 0 Å². The third-order valence-corrected chi connectivity index (χ3v) is 5.99. The predicted molar refractivity (Wildman–Crippen MR) is 128 cm³/mol. The van der Waals surface area contributed by atoms with E-state index in [2.05, 4.69) is 16.0 Å². The SMILES string of the molecule is Cc1ccc(-c2cc(C(=O)N(C)Cc3c(C)cc(C)[nH]c3=O)c3c(C)cn(C)c3c2)cn1. The number of carbonyl (C=O) groups is 1. The van der Waals surface area contributed by atoms with Crippen LogP contribution in [0.5, 0.6) is 0 Å². The Kier molecular flexibility index (Phi) is 5.46. The topological polar surface area (TPSA) is 71.0 Å². The highest BCUT2D eigenvalue weighted by molar-refractivity contribution is 6.09. The summed E-state index contributed by atoms with van der Waals surface area (Å²) in [5, 5.41) is 0.933. The van der Waals surface area contributed by atoms with Crippen molar-refractivity contribution < 1.29 is 4.79 Å². The van der Waals surface area contributed by atoms with E-state index in [9.17, 15) is 9.59 Å². The lowest BCUT2D eigenvalue weighted by Crippen LogP contribution is -2.30. The lowest BCUT2D eigenvalue weighted by molar-refractivity contribution is 0.0786. The number of H-pyrrole nitrogens is 1. The van der Waals surface area contributed by atoms with E-state index in [1.807, 2.05) is 76.0 Å². The zero-order chi connectivity index (χ0) is 23.2. The van der Waals surface area contributed by atoms with Gasteiger partial charge >= 0.3 is 0 Å². The van der Waals surface area contributed by atoms with E-state index >= 15 is 0 Å². The third-order valence-electron chi connectivity index (χ3n) is 5.99. The van der Waals surface area contributed by atoms with Crippen LogP contribution in [0.25, 0.3) is 22.0 Å². The molecule has 164 valence electrons. The third kappa shape index (κ3) is 3.84. The molecule has 1 aromatic carbocycles. The minimum atomic E-state index is -0.150. The van der Waals surface area contributed by atoms with Crippen LogP contribution in [0.15, 0.2) is 47.5 Å². The van der Waals surface area contributed by atoms with E-state index in [4.69, 9.17) is 0 Å². The van der Waals surface area contributed by atoms with Gasteiger partial charge in [-0.05, 0) is 68.7 Å². The lowest BCUT2D eigenvalue weighted by Gasteiger charge is -2.20. The Balaban J connectivity index is 1.81. The quantitative estimate of drug-likeness (QED) is 0.523. The molecule has 32 heavy (non-hydrogen) atoms. The van der Waals surface area contributed by atoms with Gasteiger partial charge in [0.15, 0.2) is 0 Å². The molecule has 4 rings (SSSR count). The number of fused-ring (bicyclic) bond motifs is 1. The average Bonchev–Trinajstić information content (AvgIpc) is 3.03. The Bertz CT molecular complexity index is 1390. The van der Waals surface area contributed by atoms with E-state index in [0.29, 0.717) is 11.1 Å². The van der Waals surface area contributed by atoms with Gasteiger partial charge in [-0.1, -0.05) is 6.07 Å². The Morgan fingerprint density at radius 2 is 1.81 bits per heavy atom. The molecule has 0 aliphatic rings. The molecule has 0 saturated heterocycles. The second-order valence-electron chi connectivity index (χ2n) is 8.63. The van der Waals surface area contributed by atoms with Gasteiger partial charge in [-0.25, -0.2) is 0 Å². The Morgan fingerprint density at radius 1 is 1.06 bits per heavy atom. The number of hydrogen-bond acceptors (Lipinski definition) is 3. The van der Waals surface area contributed by atoms with E-state index in [-0.39, 0.29) is 18.0 Å². The fraction of sp³-hybridized carbons (Fsp3) is 0.269. The lowest BCUT2D eigenvalue weighted by atomic mass is 9.98. The van der Waals surface area contributed by atoms with Crippen LogP contribution >= 0.6 is 0 Å². The summed E-state index contributed by atoms with van der Waals surface area (Å²) in [5.41, 5.74) is 7.64. The second-order valence-corrected chi connectivity index (χ2v) is 8.63. The molecule has 0 spiro atoms. The minimum absolute atomic E-state index is 0.120. The Hall–Kier alpha value is -3.67. The molecule has 0 bridgehead atoms. The summed E-state index contributed by atoms with van der Waals surface area (Å²) >= 11 is 0. The number of aromatic nitrogens is 3. The first-order valence-corrected chi connectivity index (χ1v) is 10.6. The number of nitrogens with one attached hydrogen (secondary N) is 1. The van der Waals surface area contributed by atoms with Crippen molar-refractivity contribution in [2.24, 2.45) is 7.05 Å². The van der Waals surface area contributed by atoms with Crippen LogP contribution in [0, 0.1) is 27.7 Å². The summed E-state index contributed by atoms with van der Waals surface area (Å²) in [6.07, 6.45) is 3.87. The summed E-state index contributed by atoms with van der Waals surface area (Å²) in [7, 11) is 3.73. The highest BCUT2D eigenvalue weighted by Gasteiger charge is 2.21. The average molecular weight is 429 g/mol. The van der Waals surface area contributed by atoms with Crippen LogP contribution in [0.2, 0.25) is 0 Å². The van der Waals surface area contributed by atoms with Crippen molar-refractivity contribution in [3.05, 3.63) is 86.7 Å². The summed E-state index contributed by atoms with van der Waals surface area (Å²) in [5.74, 6) is -0.120. The normalized spacial score (nSPS) is 11.2. The minimum Gasteiger partial charge on any atom is -0.350 e. The summed E-state index contributed by atoms with van der Waals surface area (Å²) in [6, 6.07) is 9.95. The van der Waals surface area contributed by atoms with Gasteiger partial charge in [-0.3, -0.25) is 14.6 Å². The number of carbonyl (C=O) groups excluding carboxylic acids is 1.